The molecule has 1 fully saturated rings. The van der Waals surface area contributed by atoms with Crippen LogP contribution in [0.4, 0.5) is 0 Å². The van der Waals surface area contributed by atoms with Crippen molar-refractivity contribution >= 4 is 5.91 Å². The molecule has 1 saturated heterocycles. The molecule has 0 aromatic heterocycles. The van der Waals surface area contributed by atoms with Crippen molar-refractivity contribution in [1.82, 2.24) is 4.90 Å². The van der Waals surface area contributed by atoms with Gasteiger partial charge < -0.3 is 9.64 Å². The molecule has 2 aliphatic rings. The summed E-state index contributed by atoms with van der Waals surface area (Å²) in [5.74, 6) is 0.396. The second-order valence-electron chi connectivity index (χ2n) is 5.92. The van der Waals surface area contributed by atoms with Crippen molar-refractivity contribution in [3.63, 3.8) is 0 Å². The lowest BCUT2D eigenvalue weighted by Gasteiger charge is -2.30. The molecule has 1 heterocycles. The quantitative estimate of drug-likeness (QED) is 0.843. The fraction of sp³-hybridized carbons (Fsp3) is 0.588. The Morgan fingerprint density at radius 2 is 2.00 bits per heavy atom. The fourth-order valence-electron chi connectivity index (χ4n) is 3.43. The Kier molecular flexibility index (Phi) is 4.06. The molecule has 0 N–H and O–H groups in total. The van der Waals surface area contributed by atoms with Crippen LogP contribution in [0.3, 0.4) is 0 Å². The summed E-state index contributed by atoms with van der Waals surface area (Å²) < 4.78 is 5.38. The first-order valence-electron chi connectivity index (χ1n) is 7.74. The summed E-state index contributed by atoms with van der Waals surface area (Å²) in [7, 11) is 0. The van der Waals surface area contributed by atoms with Gasteiger partial charge in [-0.1, -0.05) is 31.2 Å². The topological polar surface area (TPSA) is 29.5 Å². The van der Waals surface area contributed by atoms with Crippen molar-refractivity contribution in [2.24, 2.45) is 5.92 Å². The Morgan fingerprint density at radius 1 is 1.30 bits per heavy atom. The Hall–Kier alpha value is -1.35. The highest BCUT2D eigenvalue weighted by molar-refractivity contribution is 5.79. The van der Waals surface area contributed by atoms with E-state index in [2.05, 4.69) is 36.1 Å². The van der Waals surface area contributed by atoms with Crippen molar-refractivity contribution in [3.05, 3.63) is 35.4 Å². The maximum Gasteiger partial charge on any atom is 0.228 e. The largest absolute Gasteiger partial charge is 0.381 e. The van der Waals surface area contributed by atoms with Crippen LogP contribution in [0.5, 0.6) is 0 Å². The number of carbonyl (C=O) groups excluding carboxylic acids is 1. The summed E-state index contributed by atoms with van der Waals surface area (Å²) >= 11 is 0. The molecule has 0 saturated carbocycles. The molecule has 0 bridgehead atoms. The predicted octanol–water partition coefficient (Wildman–Crippen LogP) is 2.43. The van der Waals surface area contributed by atoms with E-state index in [1.165, 1.54) is 11.1 Å². The fourth-order valence-corrected chi connectivity index (χ4v) is 3.43. The lowest BCUT2D eigenvalue weighted by Crippen LogP contribution is -2.44. The molecule has 1 atom stereocenters. The maximum atomic E-state index is 12.7. The van der Waals surface area contributed by atoms with Gasteiger partial charge in [-0.3, -0.25) is 4.79 Å². The van der Waals surface area contributed by atoms with Crippen LogP contribution in [-0.4, -0.2) is 36.6 Å². The molecule has 3 nitrogen and oxygen atoms in total. The molecule has 108 valence electrons. The minimum Gasteiger partial charge on any atom is -0.381 e. The van der Waals surface area contributed by atoms with Gasteiger partial charge in [0.05, 0.1) is 12.5 Å². The average molecular weight is 273 g/mol. The molecule has 3 rings (SSSR count). The van der Waals surface area contributed by atoms with E-state index < -0.39 is 0 Å². The van der Waals surface area contributed by atoms with E-state index in [9.17, 15) is 4.79 Å². The van der Waals surface area contributed by atoms with Crippen LogP contribution in [-0.2, 0) is 22.4 Å². The van der Waals surface area contributed by atoms with Gasteiger partial charge in [-0.25, -0.2) is 0 Å². The molecule has 1 amide bonds. The third-order valence-corrected chi connectivity index (χ3v) is 4.50. The molecular weight excluding hydrogens is 250 g/mol. The minimum absolute atomic E-state index is 0.0882. The van der Waals surface area contributed by atoms with Gasteiger partial charge in [-0.2, -0.15) is 0 Å². The summed E-state index contributed by atoms with van der Waals surface area (Å²) in [4.78, 5) is 14.8. The van der Waals surface area contributed by atoms with E-state index in [0.29, 0.717) is 18.6 Å². The number of amides is 1. The number of fused-ring (bicyclic) bond motifs is 1. The molecule has 1 aromatic rings. The van der Waals surface area contributed by atoms with Crippen LogP contribution in [0.25, 0.3) is 0 Å². The van der Waals surface area contributed by atoms with Crippen LogP contribution in [0.1, 0.15) is 30.9 Å². The smallest absolute Gasteiger partial charge is 0.228 e. The molecule has 1 aliphatic carbocycles. The zero-order valence-corrected chi connectivity index (χ0v) is 12.2. The molecule has 1 aromatic carbocycles. The van der Waals surface area contributed by atoms with E-state index in [1.54, 1.807) is 0 Å². The van der Waals surface area contributed by atoms with Gasteiger partial charge in [0.1, 0.15) is 0 Å². The first-order valence-corrected chi connectivity index (χ1v) is 7.74. The second kappa shape index (κ2) is 5.96. The Balaban J connectivity index is 1.73. The predicted molar refractivity (Wildman–Crippen MR) is 78.6 cm³/mol. The zero-order valence-electron chi connectivity index (χ0n) is 12.2. The van der Waals surface area contributed by atoms with Crippen LogP contribution < -0.4 is 0 Å². The summed E-state index contributed by atoms with van der Waals surface area (Å²) in [6, 6.07) is 8.93. The van der Waals surface area contributed by atoms with Gasteiger partial charge in [-0.05, 0) is 36.8 Å². The molecule has 0 unspecified atom stereocenters. The zero-order chi connectivity index (χ0) is 13.9. The van der Waals surface area contributed by atoms with E-state index in [0.717, 1.165) is 38.8 Å². The van der Waals surface area contributed by atoms with Gasteiger partial charge in [0.25, 0.3) is 0 Å². The van der Waals surface area contributed by atoms with E-state index in [4.69, 9.17) is 4.74 Å². The van der Waals surface area contributed by atoms with Crippen LogP contribution >= 0.6 is 0 Å². The highest BCUT2D eigenvalue weighted by Crippen LogP contribution is 2.27. The molecule has 0 radical (unpaired) electrons. The lowest BCUT2D eigenvalue weighted by molar-refractivity contribution is -0.137. The number of rotatable bonds is 4. The first kappa shape index (κ1) is 13.6. The monoisotopic (exact) mass is 273 g/mol. The Bertz CT molecular complexity index is 455. The van der Waals surface area contributed by atoms with Crippen molar-refractivity contribution < 1.29 is 9.53 Å². The van der Waals surface area contributed by atoms with Crippen LogP contribution in [0.2, 0.25) is 0 Å². The van der Waals surface area contributed by atoms with Gasteiger partial charge in [0, 0.05) is 19.2 Å². The average Bonchev–Trinajstić information content (AvgIpc) is 3.12. The first-order chi connectivity index (χ1) is 9.79. The van der Waals surface area contributed by atoms with Crippen LogP contribution in [0, 0.1) is 5.92 Å². The number of nitrogens with zero attached hydrogens (tertiary/aromatic N) is 1. The molecule has 3 heteroatoms. The SMILES string of the molecule is CCCN(C(=O)[C@@H]1CCOC1)C1Cc2ccccc2C1. The second-order valence-corrected chi connectivity index (χ2v) is 5.92. The third kappa shape index (κ3) is 2.59. The number of hydrogen-bond donors (Lipinski definition) is 0. The summed E-state index contributed by atoms with van der Waals surface area (Å²) in [6.07, 6.45) is 3.93. The minimum atomic E-state index is 0.0882. The number of hydrogen-bond acceptors (Lipinski definition) is 2. The summed E-state index contributed by atoms with van der Waals surface area (Å²) in [6.45, 7) is 4.36. The highest BCUT2D eigenvalue weighted by atomic mass is 16.5. The Labute approximate surface area is 120 Å². The standard InChI is InChI=1S/C17H23NO2/c1-2-8-18(17(19)15-7-9-20-12-15)16-10-13-5-3-4-6-14(13)11-16/h3-6,15-16H,2,7-12H2,1H3/t15-/m1/s1. The van der Waals surface area contributed by atoms with Crippen LogP contribution in [0.15, 0.2) is 24.3 Å². The molecular formula is C17H23NO2. The van der Waals surface area contributed by atoms with Crippen molar-refractivity contribution in [2.45, 2.75) is 38.6 Å². The van der Waals surface area contributed by atoms with Gasteiger partial charge in [0.2, 0.25) is 5.91 Å². The van der Waals surface area contributed by atoms with E-state index in [-0.39, 0.29) is 5.92 Å². The number of benzene rings is 1. The Morgan fingerprint density at radius 3 is 2.55 bits per heavy atom. The highest BCUT2D eigenvalue weighted by Gasteiger charge is 2.34. The molecule has 1 aliphatic heterocycles. The third-order valence-electron chi connectivity index (χ3n) is 4.50. The number of carbonyl (C=O) groups is 1. The lowest BCUT2D eigenvalue weighted by atomic mass is 10.0. The van der Waals surface area contributed by atoms with Crippen molar-refractivity contribution in [1.29, 1.82) is 0 Å². The van der Waals surface area contributed by atoms with Gasteiger partial charge in [-0.15, -0.1) is 0 Å². The van der Waals surface area contributed by atoms with E-state index >= 15 is 0 Å². The van der Waals surface area contributed by atoms with Crippen molar-refractivity contribution in [3.8, 4) is 0 Å². The maximum absolute atomic E-state index is 12.7. The van der Waals surface area contributed by atoms with Crippen molar-refractivity contribution in [2.75, 3.05) is 19.8 Å². The number of ether oxygens (including phenoxy) is 1. The van der Waals surface area contributed by atoms with E-state index in [1.807, 2.05) is 0 Å². The molecule has 0 spiro atoms. The summed E-state index contributed by atoms with van der Waals surface area (Å²) in [5.41, 5.74) is 2.82. The normalized spacial score (nSPS) is 21.9. The van der Waals surface area contributed by atoms with Gasteiger partial charge >= 0.3 is 0 Å². The van der Waals surface area contributed by atoms with Gasteiger partial charge in [0.15, 0.2) is 0 Å². The summed E-state index contributed by atoms with van der Waals surface area (Å²) in [5, 5.41) is 0. The molecule has 20 heavy (non-hydrogen) atoms.